The van der Waals surface area contributed by atoms with Gasteiger partial charge in [0, 0.05) is 29.4 Å². The van der Waals surface area contributed by atoms with Gasteiger partial charge in [0.2, 0.25) is 0 Å². The Morgan fingerprint density at radius 1 is 0.950 bits per heavy atom. The van der Waals surface area contributed by atoms with Crippen LogP contribution < -0.4 is 10.1 Å². The summed E-state index contributed by atoms with van der Waals surface area (Å²) >= 11 is 5.99. The van der Waals surface area contributed by atoms with E-state index >= 15 is 0 Å². The number of carbonyl (C=O) groups excluding carboxylic acids is 2. The Balaban J connectivity index is 1.26. The molecular formula is C31H25ClFN3O4. The summed E-state index contributed by atoms with van der Waals surface area (Å²) in [6.07, 6.45) is 3.68. The van der Waals surface area contributed by atoms with E-state index in [1.54, 1.807) is 53.1 Å². The first-order valence-electron chi connectivity index (χ1n) is 12.5. The minimum atomic E-state index is -0.933. The number of halogens is 2. The van der Waals surface area contributed by atoms with Crippen LogP contribution in [0, 0.1) is 5.82 Å². The van der Waals surface area contributed by atoms with Crippen molar-refractivity contribution in [3.8, 4) is 16.9 Å². The Kier molecular flexibility index (Phi) is 8.07. The number of esters is 1. The van der Waals surface area contributed by atoms with Crippen LogP contribution in [0.15, 0.2) is 97.3 Å². The molecule has 3 aromatic carbocycles. The summed E-state index contributed by atoms with van der Waals surface area (Å²) in [4.78, 5) is 30.0. The van der Waals surface area contributed by atoms with E-state index in [1.165, 1.54) is 13.2 Å². The highest BCUT2D eigenvalue weighted by atomic mass is 35.5. The number of fused-ring (bicyclic) bond motifs is 1. The van der Waals surface area contributed by atoms with Crippen molar-refractivity contribution in [3.05, 3.63) is 125 Å². The summed E-state index contributed by atoms with van der Waals surface area (Å²) in [6.45, 7) is 0.0903. The van der Waals surface area contributed by atoms with Crippen molar-refractivity contribution in [1.29, 1.82) is 0 Å². The molecule has 1 unspecified atom stereocenters. The number of hydrogen-bond acceptors (Lipinski definition) is 5. The fourth-order valence-corrected chi connectivity index (χ4v) is 4.34. The second-order valence-electron chi connectivity index (χ2n) is 9.09. The van der Waals surface area contributed by atoms with E-state index in [0.29, 0.717) is 22.0 Å². The fourth-order valence-electron chi connectivity index (χ4n) is 4.22. The van der Waals surface area contributed by atoms with Crippen molar-refractivity contribution in [3.63, 3.8) is 0 Å². The van der Waals surface area contributed by atoms with Crippen molar-refractivity contribution in [2.24, 2.45) is 0 Å². The Morgan fingerprint density at radius 2 is 1.68 bits per heavy atom. The van der Waals surface area contributed by atoms with Crippen LogP contribution in [0.1, 0.15) is 21.6 Å². The Morgan fingerprint density at radius 3 is 2.40 bits per heavy atom. The first-order valence-corrected chi connectivity index (χ1v) is 12.9. The van der Waals surface area contributed by atoms with Gasteiger partial charge in [0.25, 0.3) is 5.91 Å². The zero-order valence-corrected chi connectivity index (χ0v) is 22.3. The van der Waals surface area contributed by atoms with Crippen LogP contribution in [-0.2, 0) is 22.6 Å². The van der Waals surface area contributed by atoms with Crippen LogP contribution in [0.25, 0.3) is 16.8 Å². The lowest BCUT2D eigenvalue weighted by Gasteiger charge is -2.16. The molecule has 0 spiro atoms. The quantitative estimate of drug-likeness (QED) is 0.229. The third-order valence-electron chi connectivity index (χ3n) is 6.37. The molecule has 7 nitrogen and oxygen atoms in total. The molecule has 0 saturated heterocycles. The molecule has 2 heterocycles. The molecule has 0 saturated carbocycles. The molecule has 5 rings (SSSR count). The maximum absolute atomic E-state index is 13.8. The predicted molar refractivity (Wildman–Crippen MR) is 150 cm³/mol. The number of imidazole rings is 1. The van der Waals surface area contributed by atoms with E-state index in [1.807, 2.05) is 42.6 Å². The molecule has 1 N–H and O–H groups in total. The molecule has 202 valence electrons. The number of aromatic nitrogens is 2. The van der Waals surface area contributed by atoms with E-state index in [2.05, 4.69) is 10.3 Å². The predicted octanol–water partition coefficient (Wildman–Crippen LogP) is 5.89. The molecule has 0 aliphatic heterocycles. The minimum Gasteiger partial charge on any atom is -0.489 e. The SMILES string of the molecule is COC(=O)C(Cc1ccc(OCc2ccccc2F)cc1)NC(=O)c1cn2cc(-c3ccc(Cl)cc3)ccc2n1. The summed E-state index contributed by atoms with van der Waals surface area (Å²) in [7, 11) is 1.27. The van der Waals surface area contributed by atoms with Crippen molar-refractivity contribution < 1.29 is 23.5 Å². The van der Waals surface area contributed by atoms with Crippen LogP contribution in [0.4, 0.5) is 4.39 Å². The third-order valence-corrected chi connectivity index (χ3v) is 6.62. The molecular weight excluding hydrogens is 533 g/mol. The van der Waals surface area contributed by atoms with Crippen molar-refractivity contribution >= 4 is 29.1 Å². The number of pyridine rings is 1. The van der Waals surface area contributed by atoms with Gasteiger partial charge >= 0.3 is 5.97 Å². The Hall–Kier alpha value is -4.69. The van der Waals surface area contributed by atoms with Crippen LogP contribution in [0.2, 0.25) is 5.02 Å². The zero-order valence-electron chi connectivity index (χ0n) is 21.5. The van der Waals surface area contributed by atoms with Crippen LogP contribution in [0.5, 0.6) is 5.75 Å². The number of hydrogen-bond donors (Lipinski definition) is 1. The molecule has 0 aliphatic rings. The van der Waals surface area contributed by atoms with Crippen molar-refractivity contribution in [1.82, 2.24) is 14.7 Å². The lowest BCUT2D eigenvalue weighted by Crippen LogP contribution is -2.43. The molecule has 0 bridgehead atoms. The average molecular weight is 558 g/mol. The van der Waals surface area contributed by atoms with Crippen LogP contribution in [-0.4, -0.2) is 34.4 Å². The summed E-state index contributed by atoms with van der Waals surface area (Å²) in [5, 5.41) is 3.39. The zero-order chi connectivity index (χ0) is 28.1. The highest BCUT2D eigenvalue weighted by Crippen LogP contribution is 2.22. The van der Waals surface area contributed by atoms with E-state index in [9.17, 15) is 14.0 Å². The first-order chi connectivity index (χ1) is 19.4. The molecule has 9 heteroatoms. The molecule has 1 amide bonds. The van der Waals surface area contributed by atoms with Gasteiger partial charge in [0.15, 0.2) is 0 Å². The van der Waals surface area contributed by atoms with E-state index in [4.69, 9.17) is 21.1 Å². The summed E-state index contributed by atoms with van der Waals surface area (Å²) in [6, 6.07) is 23.7. The second-order valence-corrected chi connectivity index (χ2v) is 9.53. The van der Waals surface area contributed by atoms with Crippen molar-refractivity contribution in [2.75, 3.05) is 7.11 Å². The van der Waals surface area contributed by atoms with Crippen LogP contribution >= 0.6 is 11.6 Å². The summed E-state index contributed by atoms with van der Waals surface area (Å²) < 4.78 is 26.2. The average Bonchev–Trinajstić information content (AvgIpc) is 3.41. The number of benzene rings is 3. The number of amides is 1. The van der Waals surface area contributed by atoms with E-state index in [0.717, 1.165) is 16.7 Å². The highest BCUT2D eigenvalue weighted by molar-refractivity contribution is 6.30. The topological polar surface area (TPSA) is 81.9 Å². The Labute approximate surface area is 235 Å². The highest BCUT2D eigenvalue weighted by Gasteiger charge is 2.24. The normalized spacial score (nSPS) is 11.7. The number of ether oxygens (including phenoxy) is 2. The van der Waals surface area contributed by atoms with Gasteiger partial charge in [-0.05, 0) is 59.2 Å². The van der Waals surface area contributed by atoms with Gasteiger partial charge in [0.05, 0.1) is 7.11 Å². The largest absolute Gasteiger partial charge is 0.489 e. The van der Waals surface area contributed by atoms with Gasteiger partial charge in [-0.3, -0.25) is 4.79 Å². The number of rotatable bonds is 9. The first kappa shape index (κ1) is 26.9. The van der Waals surface area contributed by atoms with Gasteiger partial charge in [-0.15, -0.1) is 0 Å². The summed E-state index contributed by atoms with van der Waals surface area (Å²) in [5.41, 5.74) is 3.88. The lowest BCUT2D eigenvalue weighted by molar-refractivity contribution is -0.142. The lowest BCUT2D eigenvalue weighted by atomic mass is 10.1. The number of carbonyl (C=O) groups is 2. The molecule has 0 radical (unpaired) electrons. The molecule has 1 atom stereocenters. The monoisotopic (exact) mass is 557 g/mol. The number of methoxy groups -OCH3 is 1. The number of nitrogens with one attached hydrogen (secondary N) is 1. The standard InChI is InChI=1S/C31H25ClFN3O4/c1-39-31(38)27(16-20-6-13-25(14-7-20)40-19-23-4-2-3-5-26(23)33)35-30(37)28-18-36-17-22(10-15-29(36)34-28)21-8-11-24(32)12-9-21/h2-15,17-18,27H,16,19H2,1H3,(H,35,37). The third kappa shape index (κ3) is 6.30. The fraction of sp³-hybridized carbons (Fsp3) is 0.129. The summed E-state index contributed by atoms with van der Waals surface area (Å²) in [5.74, 6) is -0.865. The van der Waals surface area contributed by atoms with Crippen molar-refractivity contribution in [2.45, 2.75) is 19.1 Å². The van der Waals surface area contributed by atoms with Gasteiger partial charge in [0.1, 0.15) is 35.6 Å². The minimum absolute atomic E-state index is 0.0903. The molecule has 5 aromatic rings. The van der Waals surface area contributed by atoms with Crippen LogP contribution in [0.3, 0.4) is 0 Å². The maximum atomic E-state index is 13.8. The van der Waals surface area contributed by atoms with E-state index in [-0.39, 0.29) is 24.5 Å². The van der Waals surface area contributed by atoms with Gasteiger partial charge in [-0.2, -0.15) is 0 Å². The Bertz CT molecular complexity index is 1650. The number of nitrogens with zero attached hydrogens (tertiary/aromatic N) is 2. The molecule has 2 aromatic heterocycles. The van der Waals surface area contributed by atoms with Gasteiger partial charge in [-0.1, -0.05) is 54.1 Å². The molecule has 40 heavy (non-hydrogen) atoms. The van der Waals surface area contributed by atoms with Gasteiger partial charge in [-0.25, -0.2) is 14.2 Å². The second kappa shape index (κ2) is 12.0. The smallest absolute Gasteiger partial charge is 0.328 e. The van der Waals surface area contributed by atoms with Gasteiger partial charge < -0.3 is 19.2 Å². The maximum Gasteiger partial charge on any atom is 0.328 e. The molecule has 0 aliphatic carbocycles. The van der Waals surface area contributed by atoms with E-state index < -0.39 is 17.9 Å². The molecule has 0 fully saturated rings.